The Morgan fingerprint density at radius 1 is 1.00 bits per heavy atom. The zero-order valence-electron chi connectivity index (χ0n) is 14.9. The first-order chi connectivity index (χ1) is 10.1. The molecule has 0 aromatic heterocycles. The molecule has 21 heavy (non-hydrogen) atoms. The fourth-order valence-corrected chi connectivity index (χ4v) is 3.96. The van der Waals surface area contributed by atoms with Crippen molar-refractivity contribution in [2.75, 3.05) is 19.6 Å². The van der Waals surface area contributed by atoms with Crippen LogP contribution < -0.4 is 5.32 Å². The van der Waals surface area contributed by atoms with E-state index in [1.165, 1.54) is 64.6 Å². The molecular formula is C19H38N2. The minimum atomic E-state index is 0.708. The highest BCUT2D eigenvalue weighted by molar-refractivity contribution is 4.88. The van der Waals surface area contributed by atoms with Gasteiger partial charge >= 0.3 is 0 Å². The van der Waals surface area contributed by atoms with Crippen LogP contribution in [0.15, 0.2) is 0 Å². The van der Waals surface area contributed by atoms with Crippen LogP contribution in [0, 0.1) is 17.8 Å². The Kier molecular flexibility index (Phi) is 7.01. The second-order valence-electron chi connectivity index (χ2n) is 7.90. The van der Waals surface area contributed by atoms with Gasteiger partial charge in [-0.3, -0.25) is 0 Å². The van der Waals surface area contributed by atoms with Crippen molar-refractivity contribution in [1.29, 1.82) is 0 Å². The molecule has 0 aromatic rings. The molecule has 2 fully saturated rings. The highest BCUT2D eigenvalue weighted by Gasteiger charge is 2.33. The molecule has 3 atom stereocenters. The summed E-state index contributed by atoms with van der Waals surface area (Å²) in [7, 11) is 0. The van der Waals surface area contributed by atoms with Gasteiger partial charge in [0.25, 0.3) is 0 Å². The molecule has 0 aromatic carbocycles. The monoisotopic (exact) mass is 294 g/mol. The van der Waals surface area contributed by atoms with E-state index in [-0.39, 0.29) is 0 Å². The van der Waals surface area contributed by atoms with Crippen LogP contribution in [0.25, 0.3) is 0 Å². The third-order valence-electron chi connectivity index (χ3n) is 5.71. The molecule has 0 bridgehead atoms. The Labute approximate surface area is 133 Å². The molecule has 2 saturated carbocycles. The van der Waals surface area contributed by atoms with E-state index in [2.05, 4.69) is 37.9 Å². The van der Waals surface area contributed by atoms with Crippen LogP contribution in [-0.2, 0) is 0 Å². The Bertz CT molecular complexity index is 285. The first-order valence-electron chi connectivity index (χ1n) is 9.61. The van der Waals surface area contributed by atoms with Gasteiger partial charge in [0.05, 0.1) is 0 Å². The van der Waals surface area contributed by atoms with E-state index in [0.29, 0.717) is 6.04 Å². The zero-order chi connectivity index (χ0) is 15.2. The van der Waals surface area contributed by atoms with Crippen LogP contribution in [0.5, 0.6) is 0 Å². The summed E-state index contributed by atoms with van der Waals surface area (Å²) < 4.78 is 0. The maximum Gasteiger partial charge on any atom is 0.0108 e. The third-order valence-corrected chi connectivity index (χ3v) is 5.71. The summed E-state index contributed by atoms with van der Waals surface area (Å²) in [5, 5.41) is 3.85. The summed E-state index contributed by atoms with van der Waals surface area (Å²) >= 11 is 0. The number of nitrogens with one attached hydrogen (secondary N) is 1. The first-order valence-corrected chi connectivity index (χ1v) is 9.61. The topological polar surface area (TPSA) is 15.3 Å². The second kappa shape index (κ2) is 8.53. The van der Waals surface area contributed by atoms with Gasteiger partial charge < -0.3 is 10.2 Å². The smallest absolute Gasteiger partial charge is 0.0108 e. The van der Waals surface area contributed by atoms with Crippen LogP contribution in [0.3, 0.4) is 0 Å². The molecule has 3 unspecified atom stereocenters. The molecule has 0 spiro atoms. The Hall–Kier alpha value is -0.0800. The predicted molar refractivity (Wildman–Crippen MR) is 92.6 cm³/mol. The highest BCUT2D eigenvalue weighted by Crippen LogP contribution is 2.34. The average Bonchev–Trinajstić information content (AvgIpc) is 3.29. The summed E-state index contributed by atoms with van der Waals surface area (Å²) in [5.41, 5.74) is 0. The summed E-state index contributed by atoms with van der Waals surface area (Å²) in [6.45, 7) is 13.3. The lowest BCUT2D eigenvalue weighted by Gasteiger charge is -2.40. The van der Waals surface area contributed by atoms with E-state index in [1.54, 1.807) is 0 Å². The minimum Gasteiger partial charge on any atom is -0.314 e. The molecule has 2 aliphatic carbocycles. The van der Waals surface area contributed by atoms with Crippen molar-refractivity contribution >= 4 is 0 Å². The molecule has 0 aliphatic heterocycles. The lowest BCUT2D eigenvalue weighted by Crippen LogP contribution is -2.48. The van der Waals surface area contributed by atoms with Gasteiger partial charge in [-0.25, -0.2) is 0 Å². The highest BCUT2D eigenvalue weighted by atomic mass is 15.2. The van der Waals surface area contributed by atoms with Gasteiger partial charge in [0.2, 0.25) is 0 Å². The molecule has 2 heteroatoms. The van der Waals surface area contributed by atoms with Crippen molar-refractivity contribution < 1.29 is 0 Å². The second-order valence-corrected chi connectivity index (χ2v) is 7.90. The molecule has 124 valence electrons. The molecule has 0 heterocycles. The van der Waals surface area contributed by atoms with E-state index in [9.17, 15) is 0 Å². The van der Waals surface area contributed by atoms with Gasteiger partial charge in [0.15, 0.2) is 0 Å². The SMILES string of the molecule is CCCNC1CCC(CC)CC1CN(CC1CC1)C(C)C. The molecule has 2 aliphatic rings. The van der Waals surface area contributed by atoms with Gasteiger partial charge in [-0.15, -0.1) is 0 Å². The average molecular weight is 295 g/mol. The lowest BCUT2D eigenvalue weighted by molar-refractivity contribution is 0.115. The van der Waals surface area contributed by atoms with Gasteiger partial charge in [-0.2, -0.15) is 0 Å². The number of rotatable bonds is 9. The summed E-state index contributed by atoms with van der Waals surface area (Å²) in [5.74, 6) is 2.86. The molecular weight excluding hydrogens is 256 g/mol. The quantitative estimate of drug-likeness (QED) is 0.682. The van der Waals surface area contributed by atoms with Crippen molar-refractivity contribution in [3.63, 3.8) is 0 Å². The van der Waals surface area contributed by atoms with Crippen LogP contribution in [0.1, 0.15) is 72.6 Å². The number of hydrogen-bond donors (Lipinski definition) is 1. The summed E-state index contributed by atoms with van der Waals surface area (Å²) in [6, 6.07) is 1.48. The maximum atomic E-state index is 3.85. The third kappa shape index (κ3) is 5.56. The summed E-state index contributed by atoms with van der Waals surface area (Å²) in [6.07, 6.45) is 9.88. The molecule has 0 amide bonds. The zero-order valence-corrected chi connectivity index (χ0v) is 14.9. The summed E-state index contributed by atoms with van der Waals surface area (Å²) in [4.78, 5) is 2.78. The van der Waals surface area contributed by atoms with Gasteiger partial charge in [-0.05, 0) is 76.7 Å². The normalized spacial score (nSPS) is 30.3. The largest absolute Gasteiger partial charge is 0.314 e. The molecule has 1 N–H and O–H groups in total. The van der Waals surface area contributed by atoms with E-state index < -0.39 is 0 Å². The van der Waals surface area contributed by atoms with E-state index >= 15 is 0 Å². The standard InChI is InChI=1S/C19H38N2/c1-5-11-20-19-10-9-16(6-2)12-18(19)14-21(15(3)4)13-17-7-8-17/h15-20H,5-14H2,1-4H3. The van der Waals surface area contributed by atoms with Crippen molar-refractivity contribution in [1.82, 2.24) is 10.2 Å². The maximum absolute atomic E-state index is 3.85. The van der Waals surface area contributed by atoms with Crippen molar-refractivity contribution in [2.24, 2.45) is 17.8 Å². The Balaban J connectivity index is 1.92. The fraction of sp³-hybridized carbons (Fsp3) is 1.00. The van der Waals surface area contributed by atoms with E-state index in [0.717, 1.165) is 23.8 Å². The minimum absolute atomic E-state index is 0.708. The van der Waals surface area contributed by atoms with Gasteiger partial charge in [0.1, 0.15) is 0 Å². The van der Waals surface area contributed by atoms with Gasteiger partial charge in [0, 0.05) is 25.2 Å². The molecule has 2 rings (SSSR count). The van der Waals surface area contributed by atoms with Crippen molar-refractivity contribution in [3.05, 3.63) is 0 Å². The van der Waals surface area contributed by atoms with E-state index in [1.807, 2.05) is 0 Å². The molecule has 0 saturated heterocycles. The Morgan fingerprint density at radius 3 is 2.29 bits per heavy atom. The van der Waals surface area contributed by atoms with Crippen LogP contribution >= 0.6 is 0 Å². The lowest BCUT2D eigenvalue weighted by atomic mass is 9.76. The van der Waals surface area contributed by atoms with Crippen LogP contribution in [-0.4, -0.2) is 36.6 Å². The van der Waals surface area contributed by atoms with Crippen molar-refractivity contribution in [3.8, 4) is 0 Å². The fourth-order valence-electron chi connectivity index (χ4n) is 3.96. The van der Waals surface area contributed by atoms with E-state index in [4.69, 9.17) is 0 Å². The van der Waals surface area contributed by atoms with Gasteiger partial charge in [-0.1, -0.05) is 20.3 Å². The van der Waals surface area contributed by atoms with Crippen LogP contribution in [0.2, 0.25) is 0 Å². The van der Waals surface area contributed by atoms with Crippen molar-refractivity contribution in [2.45, 2.75) is 84.7 Å². The molecule has 0 radical (unpaired) electrons. The first kappa shape index (κ1) is 17.3. The molecule has 2 nitrogen and oxygen atoms in total. The number of nitrogens with zero attached hydrogens (tertiary/aromatic N) is 1. The predicted octanol–water partition coefficient (Wildman–Crippen LogP) is 4.30. The number of hydrogen-bond acceptors (Lipinski definition) is 2. The van der Waals surface area contributed by atoms with Crippen LogP contribution in [0.4, 0.5) is 0 Å². The Morgan fingerprint density at radius 2 is 1.71 bits per heavy atom.